The Balaban J connectivity index is 1.95. The van der Waals surface area contributed by atoms with Gasteiger partial charge in [0.25, 0.3) is 5.91 Å². The number of ether oxygens (including phenoxy) is 1. The highest BCUT2D eigenvalue weighted by Gasteiger charge is 2.22. The summed E-state index contributed by atoms with van der Waals surface area (Å²) in [5, 5.41) is 2.73. The van der Waals surface area contributed by atoms with Crippen LogP contribution in [0.2, 0.25) is 5.02 Å². The average molecular weight is 421 g/mol. The van der Waals surface area contributed by atoms with Crippen LogP contribution < -0.4 is 10.1 Å². The van der Waals surface area contributed by atoms with Crippen LogP contribution in [0.3, 0.4) is 0 Å². The summed E-state index contributed by atoms with van der Waals surface area (Å²) in [6.45, 7) is 9.51. The quantitative estimate of drug-likeness (QED) is 0.590. The fourth-order valence-corrected chi connectivity index (χ4v) is 2.71. The second kappa shape index (κ2) is 10.5. The van der Waals surface area contributed by atoms with Crippen molar-refractivity contribution in [3.05, 3.63) is 78.0 Å². The van der Waals surface area contributed by atoms with Crippen LogP contribution >= 0.6 is 11.6 Å². The molecule has 0 saturated carbocycles. The second-order valence-corrected chi connectivity index (χ2v) is 6.55. The predicted molar refractivity (Wildman–Crippen MR) is 108 cm³/mol. The summed E-state index contributed by atoms with van der Waals surface area (Å²) in [6, 6.07) is 6.05. The Hall–Kier alpha value is -3.06. The molecule has 2 amide bonds. The third-order valence-electron chi connectivity index (χ3n) is 3.88. The number of amides is 2. The molecular formula is C21H22ClFN2O4. The molecule has 0 radical (unpaired) electrons. The molecule has 0 fully saturated rings. The summed E-state index contributed by atoms with van der Waals surface area (Å²) in [4.78, 5) is 26.3. The molecule has 1 aromatic carbocycles. The zero-order valence-electron chi connectivity index (χ0n) is 16.0. The molecular weight excluding hydrogens is 399 g/mol. The molecule has 0 bridgehead atoms. The van der Waals surface area contributed by atoms with Crippen molar-refractivity contribution in [1.82, 2.24) is 10.2 Å². The number of nitrogens with zero attached hydrogens (tertiary/aromatic N) is 1. The molecule has 8 heteroatoms. The molecule has 0 aliphatic heterocycles. The van der Waals surface area contributed by atoms with Crippen LogP contribution in [0.15, 0.2) is 60.1 Å². The minimum Gasteiger partial charge on any atom is -0.484 e. The number of furan rings is 1. The van der Waals surface area contributed by atoms with Crippen LogP contribution in [0, 0.1) is 5.82 Å². The first-order valence-electron chi connectivity index (χ1n) is 8.83. The number of benzene rings is 1. The van der Waals surface area contributed by atoms with Crippen LogP contribution in [0.5, 0.6) is 5.75 Å². The molecule has 1 heterocycles. The largest absolute Gasteiger partial charge is 0.484 e. The zero-order chi connectivity index (χ0) is 21.4. The summed E-state index contributed by atoms with van der Waals surface area (Å²) in [7, 11) is 0. The molecule has 0 aliphatic carbocycles. The smallest absolute Gasteiger partial charge is 0.287 e. The Morgan fingerprint density at radius 3 is 2.59 bits per heavy atom. The summed E-state index contributed by atoms with van der Waals surface area (Å²) >= 11 is 5.90. The highest BCUT2D eigenvalue weighted by molar-refractivity contribution is 6.32. The Kier molecular flexibility index (Phi) is 8.03. The maximum absolute atomic E-state index is 13.1. The lowest BCUT2D eigenvalue weighted by molar-refractivity contribution is -0.131. The third kappa shape index (κ3) is 6.22. The topological polar surface area (TPSA) is 71.8 Å². The molecule has 0 aliphatic rings. The predicted octanol–water partition coefficient (Wildman–Crippen LogP) is 3.97. The molecule has 1 atom stereocenters. The summed E-state index contributed by atoms with van der Waals surface area (Å²) in [6.07, 6.45) is 3.20. The van der Waals surface area contributed by atoms with Gasteiger partial charge in [0, 0.05) is 13.1 Å². The van der Waals surface area contributed by atoms with E-state index in [0.717, 1.165) is 6.07 Å². The zero-order valence-corrected chi connectivity index (χ0v) is 16.7. The first-order valence-corrected chi connectivity index (χ1v) is 9.21. The van der Waals surface area contributed by atoms with E-state index in [1.165, 1.54) is 23.1 Å². The monoisotopic (exact) mass is 420 g/mol. The molecule has 0 saturated heterocycles. The fourth-order valence-electron chi connectivity index (χ4n) is 2.49. The maximum atomic E-state index is 13.1. The van der Waals surface area contributed by atoms with Gasteiger partial charge in [-0.1, -0.05) is 23.8 Å². The van der Waals surface area contributed by atoms with Gasteiger partial charge in [0.1, 0.15) is 30.0 Å². The van der Waals surface area contributed by atoms with Gasteiger partial charge in [-0.15, -0.1) is 13.2 Å². The van der Waals surface area contributed by atoms with Gasteiger partial charge in [0.2, 0.25) is 5.91 Å². The van der Waals surface area contributed by atoms with Crippen molar-refractivity contribution < 1.29 is 23.1 Å². The van der Waals surface area contributed by atoms with E-state index in [9.17, 15) is 14.0 Å². The molecule has 2 aromatic rings. The normalized spacial score (nSPS) is 11.4. The van der Waals surface area contributed by atoms with Gasteiger partial charge in [-0.25, -0.2) is 4.39 Å². The number of halogens is 2. The lowest BCUT2D eigenvalue weighted by Gasteiger charge is -2.23. The van der Waals surface area contributed by atoms with E-state index in [-0.39, 0.29) is 23.3 Å². The van der Waals surface area contributed by atoms with Gasteiger partial charge in [0.15, 0.2) is 5.76 Å². The van der Waals surface area contributed by atoms with E-state index >= 15 is 0 Å². The summed E-state index contributed by atoms with van der Waals surface area (Å²) in [5.74, 6) is -0.572. The first kappa shape index (κ1) is 22.2. The first-order chi connectivity index (χ1) is 13.8. The van der Waals surface area contributed by atoms with Crippen LogP contribution in [-0.4, -0.2) is 35.8 Å². The van der Waals surface area contributed by atoms with E-state index in [4.69, 9.17) is 20.8 Å². The maximum Gasteiger partial charge on any atom is 0.287 e. The van der Waals surface area contributed by atoms with Gasteiger partial charge in [-0.2, -0.15) is 0 Å². The second-order valence-electron chi connectivity index (χ2n) is 6.15. The van der Waals surface area contributed by atoms with Crippen LogP contribution in [0.4, 0.5) is 4.39 Å². The standard InChI is InChI=1S/C21H22ClFN2O4/c1-4-10-25(11-5-2)21(27)14(3)24-20(26)19-9-7-16(29-19)13-28-18-8-6-15(23)12-17(18)22/h4-9,12,14H,1-2,10-11,13H2,3H3,(H,24,26). The lowest BCUT2D eigenvalue weighted by Crippen LogP contribution is -2.47. The van der Waals surface area contributed by atoms with E-state index < -0.39 is 17.8 Å². The third-order valence-corrected chi connectivity index (χ3v) is 4.17. The molecule has 2 rings (SSSR count). The molecule has 0 spiro atoms. The van der Waals surface area contributed by atoms with Crippen molar-refractivity contribution in [3.8, 4) is 5.75 Å². The van der Waals surface area contributed by atoms with Crippen molar-refractivity contribution >= 4 is 23.4 Å². The Bertz CT molecular complexity index is 887. The van der Waals surface area contributed by atoms with Crippen molar-refractivity contribution in [2.24, 2.45) is 0 Å². The van der Waals surface area contributed by atoms with Gasteiger partial charge in [-0.05, 0) is 37.3 Å². The highest BCUT2D eigenvalue weighted by atomic mass is 35.5. The minimum absolute atomic E-state index is 0.000433. The Labute approximate surface area is 173 Å². The minimum atomic E-state index is -0.759. The van der Waals surface area contributed by atoms with Crippen molar-refractivity contribution in [1.29, 1.82) is 0 Å². The average Bonchev–Trinajstić information content (AvgIpc) is 3.15. The lowest BCUT2D eigenvalue weighted by atomic mass is 10.2. The fraction of sp³-hybridized carbons (Fsp3) is 0.238. The Morgan fingerprint density at radius 1 is 1.28 bits per heavy atom. The SMILES string of the molecule is C=CCN(CC=C)C(=O)C(C)NC(=O)c1ccc(COc2ccc(F)cc2Cl)o1. The molecule has 29 heavy (non-hydrogen) atoms. The summed E-state index contributed by atoms with van der Waals surface area (Å²) < 4.78 is 24.0. The molecule has 1 aromatic heterocycles. The molecule has 6 nitrogen and oxygen atoms in total. The van der Waals surface area contributed by atoms with Crippen LogP contribution in [-0.2, 0) is 11.4 Å². The van der Waals surface area contributed by atoms with E-state index in [1.807, 2.05) is 0 Å². The van der Waals surface area contributed by atoms with Crippen molar-refractivity contribution in [3.63, 3.8) is 0 Å². The number of rotatable bonds is 10. The Morgan fingerprint density at radius 2 is 1.97 bits per heavy atom. The van der Waals surface area contributed by atoms with E-state index in [2.05, 4.69) is 18.5 Å². The summed E-state index contributed by atoms with van der Waals surface area (Å²) in [5.41, 5.74) is 0. The van der Waals surface area contributed by atoms with E-state index in [1.54, 1.807) is 25.1 Å². The van der Waals surface area contributed by atoms with Gasteiger partial charge in [0.05, 0.1) is 5.02 Å². The van der Waals surface area contributed by atoms with Gasteiger partial charge >= 0.3 is 0 Å². The number of carbonyl (C=O) groups excluding carboxylic acids is 2. The number of carbonyl (C=O) groups is 2. The number of hydrogen-bond donors (Lipinski definition) is 1. The van der Waals surface area contributed by atoms with Crippen molar-refractivity contribution in [2.75, 3.05) is 13.1 Å². The molecule has 154 valence electrons. The van der Waals surface area contributed by atoms with Crippen molar-refractivity contribution in [2.45, 2.75) is 19.6 Å². The number of hydrogen-bond acceptors (Lipinski definition) is 4. The highest BCUT2D eigenvalue weighted by Crippen LogP contribution is 2.26. The van der Waals surface area contributed by atoms with E-state index in [0.29, 0.717) is 24.6 Å². The van der Waals surface area contributed by atoms with Gasteiger partial charge in [-0.3, -0.25) is 9.59 Å². The van der Waals surface area contributed by atoms with Crippen LogP contribution in [0.1, 0.15) is 23.2 Å². The molecule has 1 unspecified atom stereocenters. The van der Waals surface area contributed by atoms with Crippen LogP contribution in [0.25, 0.3) is 0 Å². The molecule has 1 N–H and O–H groups in total. The van der Waals surface area contributed by atoms with Gasteiger partial charge < -0.3 is 19.4 Å². The number of nitrogens with one attached hydrogen (secondary N) is 1.